The minimum atomic E-state index is -0.805. The van der Waals surface area contributed by atoms with Crippen molar-refractivity contribution < 1.29 is 9.32 Å². The summed E-state index contributed by atoms with van der Waals surface area (Å²) >= 11 is 0. The van der Waals surface area contributed by atoms with Crippen LogP contribution < -0.4 is 0 Å². The van der Waals surface area contributed by atoms with Gasteiger partial charge >= 0.3 is 0 Å². The van der Waals surface area contributed by atoms with Crippen LogP contribution in [0.3, 0.4) is 0 Å². The van der Waals surface area contributed by atoms with Gasteiger partial charge < -0.3 is 5.11 Å². The van der Waals surface area contributed by atoms with Crippen LogP contribution in [0.5, 0.6) is 0 Å². The van der Waals surface area contributed by atoms with Gasteiger partial charge in [0.05, 0.1) is 5.60 Å². The number of hydrogen-bond donors (Lipinski definition) is 1. The minimum absolute atomic E-state index is 0.178. The first-order chi connectivity index (χ1) is 9.67. The van der Waals surface area contributed by atoms with E-state index in [1.807, 2.05) is 24.3 Å². The summed E-state index contributed by atoms with van der Waals surface area (Å²) in [5, 5.41) is 13.9. The highest BCUT2D eigenvalue weighted by Crippen LogP contribution is 2.47. The lowest BCUT2D eigenvalue weighted by Gasteiger charge is -2.37. The second-order valence-electron chi connectivity index (χ2n) is 6.12. The summed E-state index contributed by atoms with van der Waals surface area (Å²) in [7, 11) is -0.733. The fourth-order valence-corrected chi connectivity index (χ4v) is 6.09. The number of rotatable bonds is 1. The maximum atomic E-state index is 12.2. The molecule has 4 rings (SSSR count). The van der Waals surface area contributed by atoms with Gasteiger partial charge in [0.25, 0.3) is 0 Å². The molecule has 2 fully saturated rings. The average molecular weight is 286 g/mol. The molecule has 2 nitrogen and oxygen atoms in total. The molecule has 2 unspecified atom stereocenters. The van der Waals surface area contributed by atoms with Crippen molar-refractivity contribution in [3.8, 4) is 0 Å². The van der Waals surface area contributed by atoms with Gasteiger partial charge in [-0.2, -0.15) is 0 Å². The monoisotopic (exact) mass is 286 g/mol. The molecule has 2 aliphatic heterocycles. The van der Waals surface area contributed by atoms with Crippen LogP contribution in [0.25, 0.3) is 10.8 Å². The van der Waals surface area contributed by atoms with Crippen LogP contribution in [0.15, 0.2) is 42.5 Å². The van der Waals surface area contributed by atoms with Gasteiger partial charge in [-0.25, -0.2) is 0 Å². The Balaban J connectivity index is 1.85. The third kappa shape index (κ3) is 1.76. The summed E-state index contributed by atoms with van der Waals surface area (Å²) in [6.45, 7) is 0. The normalized spacial score (nSPS) is 36.4. The Kier molecular flexibility index (Phi) is 2.76. The Hall–Kier alpha value is -1.19. The Morgan fingerprint density at radius 3 is 2.40 bits per heavy atom. The van der Waals surface area contributed by atoms with Gasteiger partial charge in [-0.3, -0.25) is 4.21 Å². The molecule has 2 saturated heterocycles. The maximum Gasteiger partial charge on any atom is 0.0925 e. The Morgan fingerprint density at radius 2 is 1.65 bits per heavy atom. The molecule has 2 aromatic carbocycles. The van der Waals surface area contributed by atoms with E-state index < -0.39 is 16.4 Å². The molecule has 3 heteroatoms. The zero-order valence-electron chi connectivity index (χ0n) is 11.3. The molecule has 0 spiro atoms. The van der Waals surface area contributed by atoms with Crippen LogP contribution in [0.1, 0.15) is 31.2 Å². The Bertz CT molecular complexity index is 673. The SMILES string of the molecule is O=S1C2CCC1CC(O)(c1cccc3ccccc13)C2. The quantitative estimate of drug-likeness (QED) is 0.874. The summed E-state index contributed by atoms with van der Waals surface area (Å²) in [4.78, 5) is 0. The van der Waals surface area contributed by atoms with Gasteiger partial charge in [0.1, 0.15) is 0 Å². The molecular formula is C17H18O2S. The van der Waals surface area contributed by atoms with E-state index in [2.05, 4.69) is 18.2 Å². The topological polar surface area (TPSA) is 37.3 Å². The zero-order valence-corrected chi connectivity index (χ0v) is 12.1. The standard InChI is InChI=1S/C17H18O2S/c18-17(10-13-8-9-14(11-17)20(13)19)16-7-3-5-12-4-1-2-6-15(12)16/h1-7,13-14,18H,8-11H2. The average Bonchev–Trinajstić information content (AvgIpc) is 2.70. The van der Waals surface area contributed by atoms with E-state index in [1.165, 1.54) is 0 Å². The van der Waals surface area contributed by atoms with Crippen molar-refractivity contribution in [2.75, 3.05) is 0 Å². The summed E-state index contributed by atoms with van der Waals surface area (Å²) < 4.78 is 12.2. The first-order valence-electron chi connectivity index (χ1n) is 7.27. The lowest BCUT2D eigenvalue weighted by molar-refractivity contribution is 0.0199. The van der Waals surface area contributed by atoms with Crippen molar-refractivity contribution in [3.63, 3.8) is 0 Å². The molecule has 2 bridgehead atoms. The van der Waals surface area contributed by atoms with Gasteiger partial charge in [0.2, 0.25) is 0 Å². The highest BCUT2D eigenvalue weighted by Gasteiger charge is 2.48. The smallest absolute Gasteiger partial charge is 0.0925 e. The third-order valence-corrected chi connectivity index (χ3v) is 7.01. The van der Waals surface area contributed by atoms with Crippen LogP contribution in [-0.4, -0.2) is 19.8 Å². The molecule has 20 heavy (non-hydrogen) atoms. The predicted octanol–water partition coefficient (Wildman–Crippen LogP) is 3.10. The van der Waals surface area contributed by atoms with Crippen LogP contribution in [0, 0.1) is 0 Å². The summed E-state index contributed by atoms with van der Waals surface area (Å²) in [6.07, 6.45) is 3.29. The van der Waals surface area contributed by atoms with Gasteiger partial charge in [0, 0.05) is 21.3 Å². The van der Waals surface area contributed by atoms with Gasteiger partial charge in [-0.15, -0.1) is 0 Å². The highest BCUT2D eigenvalue weighted by molar-refractivity contribution is 7.86. The first-order valence-corrected chi connectivity index (χ1v) is 8.55. The van der Waals surface area contributed by atoms with Crippen molar-refractivity contribution in [2.24, 2.45) is 0 Å². The molecular weight excluding hydrogens is 268 g/mol. The first kappa shape index (κ1) is 12.5. The molecule has 2 heterocycles. The summed E-state index contributed by atoms with van der Waals surface area (Å²) in [5.41, 5.74) is 0.213. The highest BCUT2D eigenvalue weighted by atomic mass is 32.2. The van der Waals surface area contributed by atoms with Gasteiger partial charge in [0.15, 0.2) is 0 Å². The lowest BCUT2D eigenvalue weighted by Crippen LogP contribution is -2.40. The summed E-state index contributed by atoms with van der Waals surface area (Å²) in [6, 6.07) is 14.3. The molecule has 2 atom stereocenters. The van der Waals surface area contributed by atoms with Crippen molar-refractivity contribution in [1.82, 2.24) is 0 Å². The molecule has 0 aliphatic carbocycles. The van der Waals surface area contributed by atoms with E-state index in [9.17, 15) is 9.32 Å². The van der Waals surface area contributed by atoms with Gasteiger partial charge in [-0.1, -0.05) is 42.5 Å². The molecule has 0 saturated carbocycles. The molecule has 0 radical (unpaired) electrons. The molecule has 0 aromatic heterocycles. The van der Waals surface area contributed by atoms with E-state index in [1.54, 1.807) is 0 Å². The van der Waals surface area contributed by atoms with Crippen molar-refractivity contribution in [1.29, 1.82) is 0 Å². The second-order valence-corrected chi connectivity index (χ2v) is 8.11. The number of hydrogen-bond acceptors (Lipinski definition) is 2. The number of benzene rings is 2. The van der Waals surface area contributed by atoms with E-state index in [0.29, 0.717) is 12.8 Å². The summed E-state index contributed by atoms with van der Waals surface area (Å²) in [5.74, 6) is 0. The van der Waals surface area contributed by atoms with Crippen molar-refractivity contribution in [2.45, 2.75) is 41.8 Å². The Morgan fingerprint density at radius 1 is 1.00 bits per heavy atom. The zero-order chi connectivity index (χ0) is 13.7. The lowest BCUT2D eigenvalue weighted by atomic mass is 9.83. The van der Waals surface area contributed by atoms with Crippen LogP contribution in [-0.2, 0) is 16.4 Å². The van der Waals surface area contributed by atoms with Crippen LogP contribution >= 0.6 is 0 Å². The number of fused-ring (bicyclic) bond motifs is 3. The predicted molar refractivity (Wildman–Crippen MR) is 82.0 cm³/mol. The van der Waals surface area contributed by atoms with Crippen molar-refractivity contribution in [3.05, 3.63) is 48.0 Å². The molecule has 2 aromatic rings. The molecule has 1 N–H and O–H groups in total. The molecule has 2 aliphatic rings. The maximum absolute atomic E-state index is 12.2. The molecule has 104 valence electrons. The van der Waals surface area contributed by atoms with E-state index >= 15 is 0 Å². The Labute approximate surface area is 121 Å². The minimum Gasteiger partial charge on any atom is -0.385 e. The second kappa shape index (κ2) is 4.40. The van der Waals surface area contributed by atoms with E-state index in [4.69, 9.17) is 0 Å². The fraction of sp³-hybridized carbons (Fsp3) is 0.412. The third-order valence-electron chi connectivity index (χ3n) is 4.89. The van der Waals surface area contributed by atoms with Crippen LogP contribution in [0.4, 0.5) is 0 Å². The fourth-order valence-electron chi connectivity index (χ4n) is 3.93. The van der Waals surface area contributed by atoms with Gasteiger partial charge in [-0.05, 0) is 42.0 Å². The molecule has 0 amide bonds. The van der Waals surface area contributed by atoms with Crippen molar-refractivity contribution >= 4 is 21.6 Å². The van der Waals surface area contributed by atoms with E-state index in [-0.39, 0.29) is 10.5 Å². The number of aliphatic hydroxyl groups is 1. The van der Waals surface area contributed by atoms with E-state index in [0.717, 1.165) is 29.2 Å². The van der Waals surface area contributed by atoms with Crippen LogP contribution in [0.2, 0.25) is 0 Å². The largest absolute Gasteiger partial charge is 0.385 e.